The molecule has 2 heteroatoms. The third-order valence-corrected chi connectivity index (χ3v) is 7.23. The van der Waals surface area contributed by atoms with E-state index in [1.54, 1.807) is 0 Å². The van der Waals surface area contributed by atoms with Gasteiger partial charge < -0.3 is 4.43 Å². The Bertz CT molecular complexity index is 172. The van der Waals surface area contributed by atoms with Crippen molar-refractivity contribution < 1.29 is 4.43 Å². The Morgan fingerprint density at radius 3 is 2.00 bits per heavy atom. The highest BCUT2D eigenvalue weighted by molar-refractivity contribution is 6.73. The van der Waals surface area contributed by atoms with Gasteiger partial charge in [-0.1, -0.05) is 33.4 Å². The second kappa shape index (κ2) is 6.03. The molecule has 0 aliphatic carbocycles. The first-order valence-corrected chi connectivity index (χ1v) is 7.64. The molecule has 0 rings (SSSR count). The third kappa shape index (κ3) is 3.81. The van der Waals surface area contributed by atoms with Crippen LogP contribution in [-0.4, -0.2) is 8.32 Å². The maximum absolute atomic E-state index is 5.94. The smallest absolute Gasteiger partial charge is 0.249 e. The summed E-state index contributed by atoms with van der Waals surface area (Å²) >= 11 is 0. The SMILES string of the molecule is C=C/C(C)=C/O[Si](CC)(CC)CC. The van der Waals surface area contributed by atoms with Crippen LogP contribution in [0.3, 0.4) is 0 Å². The van der Waals surface area contributed by atoms with E-state index in [4.69, 9.17) is 4.43 Å². The summed E-state index contributed by atoms with van der Waals surface area (Å²) in [6.07, 6.45) is 3.72. The summed E-state index contributed by atoms with van der Waals surface area (Å²) in [4.78, 5) is 0. The molecule has 0 aliphatic heterocycles. The van der Waals surface area contributed by atoms with E-state index in [2.05, 4.69) is 27.4 Å². The molecule has 0 N–H and O–H groups in total. The Hall–Kier alpha value is -0.503. The van der Waals surface area contributed by atoms with Crippen molar-refractivity contribution in [2.45, 2.75) is 45.8 Å². The summed E-state index contributed by atoms with van der Waals surface area (Å²) in [7, 11) is -1.42. The van der Waals surface area contributed by atoms with Gasteiger partial charge in [-0.25, -0.2) is 0 Å². The van der Waals surface area contributed by atoms with Crippen molar-refractivity contribution in [3.63, 3.8) is 0 Å². The molecule has 0 fully saturated rings. The zero-order valence-corrected chi connectivity index (χ0v) is 10.4. The minimum absolute atomic E-state index is 1.12. The second-order valence-electron chi connectivity index (χ2n) is 3.43. The zero-order valence-electron chi connectivity index (χ0n) is 9.39. The summed E-state index contributed by atoms with van der Waals surface area (Å²) in [6, 6.07) is 3.59. The van der Waals surface area contributed by atoms with Crippen molar-refractivity contribution in [2.24, 2.45) is 0 Å². The van der Waals surface area contributed by atoms with Crippen LogP contribution >= 0.6 is 0 Å². The number of allylic oxidation sites excluding steroid dienone is 2. The van der Waals surface area contributed by atoms with Crippen LogP contribution in [-0.2, 0) is 4.43 Å². The lowest BCUT2D eigenvalue weighted by Crippen LogP contribution is -2.33. The van der Waals surface area contributed by atoms with Crippen molar-refractivity contribution in [1.82, 2.24) is 0 Å². The fourth-order valence-corrected chi connectivity index (χ4v) is 3.70. The van der Waals surface area contributed by atoms with Crippen LogP contribution in [0.5, 0.6) is 0 Å². The Balaban J connectivity index is 4.33. The van der Waals surface area contributed by atoms with Gasteiger partial charge in [0.25, 0.3) is 0 Å². The summed E-state index contributed by atoms with van der Waals surface area (Å²) in [5.74, 6) is 0. The Morgan fingerprint density at radius 2 is 1.69 bits per heavy atom. The Labute approximate surface area is 83.6 Å². The van der Waals surface area contributed by atoms with Gasteiger partial charge in [0.05, 0.1) is 6.26 Å². The zero-order chi connectivity index (χ0) is 10.3. The van der Waals surface area contributed by atoms with E-state index in [1.165, 1.54) is 18.1 Å². The maximum atomic E-state index is 5.94. The van der Waals surface area contributed by atoms with Crippen molar-refractivity contribution >= 4 is 8.32 Å². The molecule has 13 heavy (non-hydrogen) atoms. The van der Waals surface area contributed by atoms with Crippen LogP contribution in [0.2, 0.25) is 18.1 Å². The van der Waals surface area contributed by atoms with Crippen LogP contribution in [0.25, 0.3) is 0 Å². The van der Waals surface area contributed by atoms with E-state index >= 15 is 0 Å². The normalized spacial score (nSPS) is 12.8. The molecule has 0 saturated heterocycles. The van der Waals surface area contributed by atoms with Crippen molar-refractivity contribution in [1.29, 1.82) is 0 Å². The molecule has 0 amide bonds. The highest BCUT2D eigenvalue weighted by atomic mass is 28.4. The van der Waals surface area contributed by atoms with Gasteiger partial charge in [0.2, 0.25) is 8.32 Å². The molecule has 0 aliphatic rings. The minimum atomic E-state index is -1.42. The van der Waals surface area contributed by atoms with E-state index in [9.17, 15) is 0 Å². The van der Waals surface area contributed by atoms with E-state index in [0.29, 0.717) is 0 Å². The molecule has 0 aromatic rings. The van der Waals surface area contributed by atoms with E-state index in [-0.39, 0.29) is 0 Å². The number of hydrogen-bond donors (Lipinski definition) is 0. The molecule has 0 saturated carbocycles. The summed E-state index contributed by atoms with van der Waals surface area (Å²) in [6.45, 7) is 12.4. The molecule has 0 bridgehead atoms. The van der Waals surface area contributed by atoms with Crippen LogP contribution < -0.4 is 0 Å². The Morgan fingerprint density at radius 1 is 1.23 bits per heavy atom. The molecule has 0 heterocycles. The highest BCUT2D eigenvalue weighted by Gasteiger charge is 2.29. The minimum Gasteiger partial charge on any atom is -0.549 e. The van der Waals surface area contributed by atoms with Crippen LogP contribution in [0.4, 0.5) is 0 Å². The summed E-state index contributed by atoms with van der Waals surface area (Å²) < 4.78 is 5.94. The lowest BCUT2D eigenvalue weighted by molar-refractivity contribution is 0.454. The first-order valence-electron chi connectivity index (χ1n) is 5.11. The van der Waals surface area contributed by atoms with Gasteiger partial charge in [-0.2, -0.15) is 0 Å². The summed E-state index contributed by atoms with van der Waals surface area (Å²) in [5.41, 5.74) is 1.12. The predicted molar refractivity (Wildman–Crippen MR) is 62.2 cm³/mol. The summed E-state index contributed by atoms with van der Waals surface area (Å²) in [5, 5.41) is 0. The predicted octanol–water partition coefficient (Wildman–Crippen LogP) is 4.10. The third-order valence-electron chi connectivity index (χ3n) is 2.75. The van der Waals surface area contributed by atoms with Crippen LogP contribution in [0, 0.1) is 0 Å². The average molecular weight is 198 g/mol. The second-order valence-corrected chi connectivity index (χ2v) is 8.15. The van der Waals surface area contributed by atoms with Gasteiger partial charge in [-0.3, -0.25) is 0 Å². The molecule has 0 aromatic heterocycles. The van der Waals surface area contributed by atoms with Crippen molar-refractivity contribution in [3.05, 3.63) is 24.5 Å². The molecule has 1 nitrogen and oxygen atoms in total. The highest BCUT2D eigenvalue weighted by Crippen LogP contribution is 2.22. The maximum Gasteiger partial charge on any atom is 0.249 e. The average Bonchev–Trinajstić information content (AvgIpc) is 2.20. The van der Waals surface area contributed by atoms with Gasteiger partial charge >= 0.3 is 0 Å². The quantitative estimate of drug-likeness (QED) is 0.355. The van der Waals surface area contributed by atoms with Crippen molar-refractivity contribution in [2.75, 3.05) is 0 Å². The van der Waals surface area contributed by atoms with Crippen LogP contribution in [0.15, 0.2) is 24.5 Å². The topological polar surface area (TPSA) is 9.23 Å². The molecule has 0 radical (unpaired) electrons. The van der Waals surface area contributed by atoms with E-state index < -0.39 is 8.32 Å². The lowest BCUT2D eigenvalue weighted by atomic mass is 10.3. The fourth-order valence-electron chi connectivity index (χ4n) is 1.27. The lowest BCUT2D eigenvalue weighted by Gasteiger charge is -2.26. The number of hydrogen-bond acceptors (Lipinski definition) is 1. The van der Waals surface area contributed by atoms with Gasteiger partial charge in [0.15, 0.2) is 0 Å². The fraction of sp³-hybridized carbons (Fsp3) is 0.636. The van der Waals surface area contributed by atoms with Gasteiger partial charge in [-0.15, -0.1) is 0 Å². The Kier molecular flexibility index (Phi) is 5.79. The molecule has 0 atom stereocenters. The molecule has 0 aromatic carbocycles. The van der Waals surface area contributed by atoms with Gasteiger partial charge in [0.1, 0.15) is 0 Å². The molecule has 0 unspecified atom stereocenters. The van der Waals surface area contributed by atoms with Gasteiger partial charge in [0, 0.05) is 0 Å². The molecular formula is C11H22OSi. The van der Waals surface area contributed by atoms with E-state index in [0.717, 1.165) is 5.57 Å². The standard InChI is InChI=1S/C11H22OSi/c1-6-11(5)10-12-13(7-2,8-3)9-4/h6,10H,1,7-9H2,2-5H3/b11-10+. The monoisotopic (exact) mass is 198 g/mol. The molecular weight excluding hydrogens is 176 g/mol. The molecule has 0 spiro atoms. The molecule has 76 valence electrons. The van der Waals surface area contributed by atoms with Crippen LogP contribution in [0.1, 0.15) is 27.7 Å². The van der Waals surface area contributed by atoms with Crippen molar-refractivity contribution in [3.8, 4) is 0 Å². The number of rotatable bonds is 6. The first kappa shape index (κ1) is 12.5. The first-order chi connectivity index (χ1) is 6.14. The van der Waals surface area contributed by atoms with Gasteiger partial charge in [-0.05, 0) is 30.6 Å². The largest absolute Gasteiger partial charge is 0.549 e. The van der Waals surface area contributed by atoms with E-state index in [1.807, 2.05) is 19.3 Å².